The number of aliphatic carboxylic acids is 1. The number of benzene rings is 2. The maximum absolute atomic E-state index is 15.5. The lowest BCUT2D eigenvalue weighted by molar-refractivity contribution is -0.131. The van der Waals surface area contributed by atoms with Gasteiger partial charge in [0.2, 0.25) is 0 Å². The quantitative estimate of drug-likeness (QED) is 0.415. The van der Waals surface area contributed by atoms with Crippen LogP contribution >= 0.6 is 0 Å². The van der Waals surface area contributed by atoms with E-state index in [9.17, 15) is 9.18 Å². The van der Waals surface area contributed by atoms with E-state index in [-0.39, 0.29) is 30.3 Å². The Balaban J connectivity index is 1.82. The molecular weight excluding hydrogens is 483 g/mol. The highest BCUT2D eigenvalue weighted by atomic mass is 19.1. The van der Waals surface area contributed by atoms with Crippen molar-refractivity contribution in [3.8, 4) is 11.1 Å². The second-order valence-electron chi connectivity index (χ2n) is 10.0. The minimum Gasteiger partial charge on any atom is -0.478 e. The molecule has 3 aromatic rings. The Labute approximate surface area is 213 Å². The summed E-state index contributed by atoms with van der Waals surface area (Å²) >= 11 is 0. The zero-order chi connectivity index (χ0) is 26.9. The molecule has 4 rings (SSSR count). The van der Waals surface area contributed by atoms with E-state index in [1.54, 1.807) is 15.8 Å². The third kappa shape index (κ3) is 5.94. The molecule has 1 aliphatic rings. The molecule has 6 nitrogen and oxygen atoms in total. The summed E-state index contributed by atoms with van der Waals surface area (Å²) in [6.45, 7) is 5.08. The van der Waals surface area contributed by atoms with Crippen molar-refractivity contribution in [2.75, 3.05) is 13.2 Å². The number of fused-ring (bicyclic) bond motifs is 1. The number of alkyl halides is 1. The summed E-state index contributed by atoms with van der Waals surface area (Å²) in [6.07, 6.45) is 6.02. The van der Waals surface area contributed by atoms with Gasteiger partial charge in [0.25, 0.3) is 0 Å². The van der Waals surface area contributed by atoms with Crippen LogP contribution < -0.4 is 0 Å². The number of carboxylic acids is 1. The molecule has 9 heteroatoms. The maximum atomic E-state index is 15.5. The number of aliphatic hydroxyl groups excluding tert-OH is 1. The molecule has 0 fully saturated rings. The predicted molar refractivity (Wildman–Crippen MR) is 135 cm³/mol. The highest BCUT2D eigenvalue weighted by molar-refractivity contribution is 5.85. The van der Waals surface area contributed by atoms with Crippen molar-refractivity contribution in [2.45, 2.75) is 51.5 Å². The fourth-order valence-electron chi connectivity index (χ4n) is 4.97. The second kappa shape index (κ2) is 10.5. The molecule has 1 aromatic heterocycles. The molecule has 2 atom stereocenters. The molecule has 2 aromatic carbocycles. The summed E-state index contributed by atoms with van der Waals surface area (Å²) < 4.78 is 47.5. The van der Waals surface area contributed by atoms with Crippen LogP contribution in [0.25, 0.3) is 17.2 Å². The molecule has 0 saturated carbocycles. The number of hydrogen-bond acceptors (Lipinski definition) is 4. The van der Waals surface area contributed by atoms with Crippen molar-refractivity contribution < 1.29 is 28.2 Å². The third-order valence-corrected chi connectivity index (χ3v) is 6.50. The van der Waals surface area contributed by atoms with E-state index in [2.05, 4.69) is 5.10 Å². The Morgan fingerprint density at radius 1 is 1.19 bits per heavy atom. The fourth-order valence-corrected chi connectivity index (χ4v) is 4.97. The van der Waals surface area contributed by atoms with Crippen LogP contribution in [0.3, 0.4) is 0 Å². The van der Waals surface area contributed by atoms with Gasteiger partial charge in [-0.1, -0.05) is 18.2 Å². The van der Waals surface area contributed by atoms with Crippen LogP contribution in [0.2, 0.25) is 0 Å². The standard InChI is InChI=1S/C28H30F3N3O3/c1-17-10-20-13-19(21-14-32-33(15-21)8-9-35)5-6-22(20)27(34(17)16-28(2,3)31)26-23(29)11-18(12-24(26)30)4-7-25(36)37/h4-7,11-15,17,27,35H,8-10,16H2,1-3H3,(H,36,37)/b7-4+. The van der Waals surface area contributed by atoms with Gasteiger partial charge >= 0.3 is 5.97 Å². The molecule has 37 heavy (non-hydrogen) atoms. The van der Waals surface area contributed by atoms with E-state index >= 15 is 8.78 Å². The van der Waals surface area contributed by atoms with Gasteiger partial charge in [-0.3, -0.25) is 9.58 Å². The first-order chi connectivity index (χ1) is 17.5. The first kappa shape index (κ1) is 26.6. The highest BCUT2D eigenvalue weighted by Gasteiger charge is 2.39. The van der Waals surface area contributed by atoms with E-state index in [0.29, 0.717) is 18.5 Å². The molecule has 0 saturated heterocycles. The Kier molecular flexibility index (Phi) is 7.57. The molecule has 2 unspecified atom stereocenters. The second-order valence-corrected chi connectivity index (χ2v) is 10.0. The van der Waals surface area contributed by atoms with Gasteiger partial charge in [0.05, 0.1) is 25.4 Å². The molecule has 0 bridgehead atoms. The van der Waals surface area contributed by atoms with E-state index in [4.69, 9.17) is 10.2 Å². The lowest BCUT2D eigenvalue weighted by atomic mass is 9.82. The zero-order valence-electron chi connectivity index (χ0n) is 21.0. The van der Waals surface area contributed by atoms with Crippen LogP contribution in [0.1, 0.15) is 49.1 Å². The summed E-state index contributed by atoms with van der Waals surface area (Å²) in [4.78, 5) is 12.6. The molecule has 0 spiro atoms. The maximum Gasteiger partial charge on any atom is 0.328 e. The van der Waals surface area contributed by atoms with Gasteiger partial charge in [0, 0.05) is 36.0 Å². The SMILES string of the molecule is CC1Cc2cc(-c3cnn(CCO)c3)ccc2C(c2c(F)cc(/C=C/C(=O)O)cc2F)N1CC(C)(C)F. The summed E-state index contributed by atoms with van der Waals surface area (Å²) in [5, 5.41) is 22.3. The summed E-state index contributed by atoms with van der Waals surface area (Å²) in [6, 6.07) is 6.74. The normalized spacial score (nSPS) is 18.4. The average Bonchev–Trinajstić information content (AvgIpc) is 3.27. The largest absolute Gasteiger partial charge is 0.478 e. The number of halogens is 3. The van der Waals surface area contributed by atoms with Gasteiger partial charge in [-0.15, -0.1) is 0 Å². The molecule has 2 heterocycles. The van der Waals surface area contributed by atoms with Crippen LogP contribution in [-0.2, 0) is 17.8 Å². The summed E-state index contributed by atoms with van der Waals surface area (Å²) in [5.41, 5.74) is 1.57. The Morgan fingerprint density at radius 2 is 1.89 bits per heavy atom. The molecule has 196 valence electrons. The third-order valence-electron chi connectivity index (χ3n) is 6.50. The first-order valence-corrected chi connectivity index (χ1v) is 12.1. The predicted octanol–water partition coefficient (Wildman–Crippen LogP) is 5.00. The number of aliphatic hydroxyl groups is 1. The first-order valence-electron chi connectivity index (χ1n) is 12.1. The van der Waals surface area contributed by atoms with Crippen molar-refractivity contribution >= 4 is 12.0 Å². The highest BCUT2D eigenvalue weighted by Crippen LogP contribution is 2.42. The summed E-state index contributed by atoms with van der Waals surface area (Å²) in [5.74, 6) is -2.88. The number of nitrogens with zero attached hydrogens (tertiary/aromatic N) is 3. The Bertz CT molecular complexity index is 1310. The number of aromatic nitrogens is 2. The van der Waals surface area contributed by atoms with Gasteiger partial charge in [0.1, 0.15) is 17.3 Å². The molecule has 0 amide bonds. The topological polar surface area (TPSA) is 78.6 Å². The number of carbonyl (C=O) groups is 1. The van der Waals surface area contributed by atoms with Crippen molar-refractivity contribution in [3.05, 3.63) is 82.7 Å². The van der Waals surface area contributed by atoms with Crippen LogP contribution in [0, 0.1) is 11.6 Å². The number of rotatable bonds is 8. The van der Waals surface area contributed by atoms with Crippen LogP contribution in [0.4, 0.5) is 13.2 Å². The lowest BCUT2D eigenvalue weighted by Crippen LogP contribution is -2.48. The molecular formula is C28H30F3N3O3. The van der Waals surface area contributed by atoms with Crippen molar-refractivity contribution in [1.29, 1.82) is 0 Å². The van der Waals surface area contributed by atoms with Crippen molar-refractivity contribution in [2.24, 2.45) is 0 Å². The van der Waals surface area contributed by atoms with E-state index in [1.165, 1.54) is 13.8 Å². The van der Waals surface area contributed by atoms with Gasteiger partial charge in [-0.05, 0) is 67.7 Å². The summed E-state index contributed by atoms with van der Waals surface area (Å²) in [7, 11) is 0. The molecule has 1 aliphatic heterocycles. The number of hydrogen-bond donors (Lipinski definition) is 2. The zero-order valence-corrected chi connectivity index (χ0v) is 21.0. The van der Waals surface area contributed by atoms with Gasteiger partial charge < -0.3 is 10.2 Å². The van der Waals surface area contributed by atoms with Crippen molar-refractivity contribution in [3.63, 3.8) is 0 Å². The fraction of sp³-hybridized carbons (Fsp3) is 0.357. The minimum absolute atomic E-state index is 0.0342. The number of carboxylic acid groups (broad SMARTS) is 1. The van der Waals surface area contributed by atoms with E-state index in [1.807, 2.05) is 31.3 Å². The minimum atomic E-state index is -1.61. The van der Waals surface area contributed by atoms with Crippen molar-refractivity contribution in [1.82, 2.24) is 14.7 Å². The van der Waals surface area contributed by atoms with E-state index in [0.717, 1.165) is 41.0 Å². The van der Waals surface area contributed by atoms with Crippen LogP contribution in [-0.4, -0.2) is 55.7 Å². The Hall–Kier alpha value is -3.43. The smallest absolute Gasteiger partial charge is 0.328 e. The average molecular weight is 514 g/mol. The van der Waals surface area contributed by atoms with Crippen LogP contribution in [0.5, 0.6) is 0 Å². The molecule has 0 radical (unpaired) electrons. The Morgan fingerprint density at radius 3 is 2.51 bits per heavy atom. The monoisotopic (exact) mass is 513 g/mol. The molecule has 2 N–H and O–H groups in total. The van der Waals surface area contributed by atoms with Crippen LogP contribution in [0.15, 0.2) is 48.8 Å². The van der Waals surface area contributed by atoms with Gasteiger partial charge in [0.15, 0.2) is 0 Å². The lowest BCUT2D eigenvalue weighted by Gasteiger charge is -2.44. The molecule has 0 aliphatic carbocycles. The van der Waals surface area contributed by atoms with E-state index < -0.39 is 29.3 Å². The van der Waals surface area contributed by atoms with Gasteiger partial charge in [-0.2, -0.15) is 5.10 Å². The van der Waals surface area contributed by atoms with Gasteiger partial charge in [-0.25, -0.2) is 18.0 Å².